The fraction of sp³-hybridized carbons (Fsp3) is 0.125. The van der Waals surface area contributed by atoms with Gasteiger partial charge in [0.05, 0.1) is 5.56 Å². The lowest BCUT2D eigenvalue weighted by molar-refractivity contribution is 0.930. The highest BCUT2D eigenvalue weighted by molar-refractivity contribution is 14.1. The molecule has 108 valence electrons. The molecule has 0 aliphatic carbocycles. The third-order valence-corrected chi connectivity index (χ3v) is 6.06. The second-order valence-electron chi connectivity index (χ2n) is 5.21. The van der Waals surface area contributed by atoms with Crippen LogP contribution in [0.3, 0.4) is 0 Å². The first-order valence-electron chi connectivity index (χ1n) is 6.77. The first-order chi connectivity index (χ1) is 10.6. The first-order valence-corrected chi connectivity index (χ1v) is 8.67. The van der Waals surface area contributed by atoms with Gasteiger partial charge in [-0.2, -0.15) is 5.26 Å². The van der Waals surface area contributed by atoms with Gasteiger partial charge in [-0.1, -0.05) is 11.8 Å². The summed E-state index contributed by atoms with van der Waals surface area (Å²) in [6.07, 6.45) is 4.42. The number of hydrogen-bond acceptors (Lipinski definition) is 4. The van der Waals surface area contributed by atoms with Crippen molar-refractivity contribution in [3.05, 3.63) is 53.9 Å². The number of aromatic nitrogens is 2. The number of nitrogens with one attached hydrogen (secondary N) is 2. The van der Waals surface area contributed by atoms with Crippen molar-refractivity contribution in [1.29, 1.82) is 5.26 Å². The number of anilines is 1. The number of nitriles is 1. The molecular weight excluding hydrogens is 407 g/mol. The standard InChI is InChI=1S/C16H11IN4S/c17-16(7-12-5-10(8-18)9-20-15(12)22-16)21-13-1-2-14-11(6-13)3-4-19-14/h1-6,9,19,21H,7H2. The van der Waals surface area contributed by atoms with Crippen LogP contribution in [0.1, 0.15) is 11.1 Å². The lowest BCUT2D eigenvalue weighted by Gasteiger charge is -2.23. The summed E-state index contributed by atoms with van der Waals surface area (Å²) in [6.45, 7) is 0. The van der Waals surface area contributed by atoms with E-state index in [0.717, 1.165) is 28.2 Å². The number of benzene rings is 1. The molecule has 0 bridgehead atoms. The lowest BCUT2D eigenvalue weighted by Crippen LogP contribution is -2.26. The van der Waals surface area contributed by atoms with Crippen LogP contribution in [-0.2, 0) is 6.42 Å². The monoisotopic (exact) mass is 418 g/mol. The van der Waals surface area contributed by atoms with Gasteiger partial charge in [-0.25, -0.2) is 4.98 Å². The van der Waals surface area contributed by atoms with E-state index in [-0.39, 0.29) is 2.88 Å². The number of fused-ring (bicyclic) bond motifs is 2. The molecule has 0 radical (unpaired) electrons. The summed E-state index contributed by atoms with van der Waals surface area (Å²) >= 11 is 4.14. The van der Waals surface area contributed by atoms with Crippen LogP contribution in [0.25, 0.3) is 10.9 Å². The molecule has 22 heavy (non-hydrogen) atoms. The zero-order valence-electron chi connectivity index (χ0n) is 11.4. The highest BCUT2D eigenvalue weighted by atomic mass is 127. The van der Waals surface area contributed by atoms with Gasteiger partial charge in [0.2, 0.25) is 0 Å². The lowest BCUT2D eigenvalue weighted by atomic mass is 10.1. The summed E-state index contributed by atoms with van der Waals surface area (Å²) in [7, 11) is 0. The summed E-state index contributed by atoms with van der Waals surface area (Å²) in [5.41, 5.74) is 3.97. The number of rotatable bonds is 2. The Labute approximate surface area is 145 Å². The quantitative estimate of drug-likeness (QED) is 0.371. The highest BCUT2D eigenvalue weighted by Crippen LogP contribution is 2.48. The van der Waals surface area contributed by atoms with Crippen LogP contribution in [-0.4, -0.2) is 12.8 Å². The number of thioether (sulfide) groups is 1. The fourth-order valence-corrected chi connectivity index (χ4v) is 5.05. The summed E-state index contributed by atoms with van der Waals surface area (Å²) < 4.78 is -0.175. The van der Waals surface area contributed by atoms with Gasteiger partial charge in [-0.15, -0.1) is 0 Å². The van der Waals surface area contributed by atoms with Crippen LogP contribution in [0.5, 0.6) is 0 Å². The fourth-order valence-electron chi connectivity index (χ4n) is 2.63. The van der Waals surface area contributed by atoms with E-state index < -0.39 is 0 Å². The van der Waals surface area contributed by atoms with Crippen molar-refractivity contribution < 1.29 is 0 Å². The van der Waals surface area contributed by atoms with E-state index >= 15 is 0 Å². The largest absolute Gasteiger partial charge is 0.362 e. The molecule has 1 unspecified atom stereocenters. The van der Waals surface area contributed by atoms with Crippen LogP contribution in [0.2, 0.25) is 0 Å². The molecule has 4 rings (SSSR count). The number of pyridine rings is 1. The van der Waals surface area contributed by atoms with Crippen molar-refractivity contribution in [3.63, 3.8) is 0 Å². The van der Waals surface area contributed by atoms with Crippen molar-refractivity contribution in [2.24, 2.45) is 0 Å². The Bertz CT molecular complexity index is 914. The molecule has 0 fully saturated rings. The predicted octanol–water partition coefficient (Wildman–Crippen LogP) is 4.28. The molecular formula is C16H11IN4S. The summed E-state index contributed by atoms with van der Waals surface area (Å²) in [6, 6.07) is 12.5. The molecule has 4 nitrogen and oxygen atoms in total. The van der Waals surface area contributed by atoms with E-state index in [1.165, 1.54) is 5.39 Å². The third-order valence-electron chi connectivity index (χ3n) is 3.61. The number of halogens is 1. The summed E-state index contributed by atoms with van der Waals surface area (Å²) in [5.74, 6) is 0. The van der Waals surface area contributed by atoms with E-state index in [9.17, 15) is 0 Å². The van der Waals surface area contributed by atoms with Gasteiger partial charge in [0.15, 0.2) is 0 Å². The Morgan fingerprint density at radius 1 is 1.36 bits per heavy atom. The Morgan fingerprint density at radius 3 is 3.14 bits per heavy atom. The molecule has 0 saturated heterocycles. The van der Waals surface area contributed by atoms with Gasteiger partial charge in [-0.3, -0.25) is 0 Å². The molecule has 2 aromatic heterocycles. The topological polar surface area (TPSA) is 64.5 Å². The molecule has 1 aliphatic rings. The number of H-pyrrole nitrogens is 1. The smallest absolute Gasteiger partial charge is 0.146 e. The number of hydrogen-bond donors (Lipinski definition) is 2. The Hall–Kier alpha value is -1.72. The van der Waals surface area contributed by atoms with Crippen LogP contribution in [0, 0.1) is 11.3 Å². The van der Waals surface area contributed by atoms with E-state index in [2.05, 4.69) is 68.2 Å². The minimum atomic E-state index is -0.175. The Morgan fingerprint density at radius 2 is 2.27 bits per heavy atom. The molecule has 1 atom stereocenters. The molecule has 0 amide bonds. The molecule has 3 aromatic rings. The maximum absolute atomic E-state index is 9.00. The van der Waals surface area contributed by atoms with Crippen LogP contribution >= 0.6 is 34.4 Å². The maximum atomic E-state index is 9.00. The average Bonchev–Trinajstić information content (AvgIpc) is 3.08. The zero-order chi connectivity index (χ0) is 15.2. The SMILES string of the molecule is N#Cc1cnc2c(c1)CC(I)(Nc1ccc3[nH]ccc3c1)S2. The van der Waals surface area contributed by atoms with Crippen molar-refractivity contribution in [2.75, 3.05) is 5.32 Å². The molecule has 0 spiro atoms. The molecule has 6 heteroatoms. The number of aromatic amines is 1. The van der Waals surface area contributed by atoms with Gasteiger partial charge in [0.25, 0.3) is 0 Å². The normalized spacial score (nSPS) is 19.8. The minimum absolute atomic E-state index is 0.175. The van der Waals surface area contributed by atoms with Crippen molar-refractivity contribution >= 4 is 50.9 Å². The molecule has 0 saturated carbocycles. The van der Waals surface area contributed by atoms with Gasteiger partial charge < -0.3 is 10.3 Å². The van der Waals surface area contributed by atoms with E-state index in [1.54, 1.807) is 18.0 Å². The van der Waals surface area contributed by atoms with Crippen LogP contribution < -0.4 is 5.32 Å². The summed E-state index contributed by atoms with van der Waals surface area (Å²) in [4.78, 5) is 7.60. The van der Waals surface area contributed by atoms with Crippen molar-refractivity contribution in [3.8, 4) is 6.07 Å². The third kappa shape index (κ3) is 2.44. The molecule has 3 heterocycles. The van der Waals surface area contributed by atoms with Crippen LogP contribution in [0.15, 0.2) is 47.8 Å². The van der Waals surface area contributed by atoms with E-state index in [4.69, 9.17) is 5.26 Å². The second kappa shape index (κ2) is 5.18. The van der Waals surface area contributed by atoms with Gasteiger partial charge in [-0.05, 0) is 58.5 Å². The van der Waals surface area contributed by atoms with E-state index in [0.29, 0.717) is 5.56 Å². The molecule has 2 N–H and O–H groups in total. The average molecular weight is 418 g/mol. The van der Waals surface area contributed by atoms with Gasteiger partial charge in [0, 0.05) is 35.4 Å². The van der Waals surface area contributed by atoms with Gasteiger partial charge >= 0.3 is 0 Å². The molecule has 1 aromatic carbocycles. The number of alkyl halides is 1. The van der Waals surface area contributed by atoms with Crippen LogP contribution in [0.4, 0.5) is 5.69 Å². The Balaban J connectivity index is 1.61. The first kappa shape index (κ1) is 13.9. The second-order valence-corrected chi connectivity index (χ2v) is 9.07. The highest BCUT2D eigenvalue weighted by Gasteiger charge is 2.37. The summed E-state index contributed by atoms with van der Waals surface area (Å²) in [5, 5.41) is 14.8. The van der Waals surface area contributed by atoms with Gasteiger partial charge in [0.1, 0.15) is 14.0 Å². The minimum Gasteiger partial charge on any atom is -0.362 e. The van der Waals surface area contributed by atoms with Crippen molar-refractivity contribution in [2.45, 2.75) is 14.3 Å². The van der Waals surface area contributed by atoms with E-state index in [1.807, 2.05) is 12.3 Å². The number of nitrogens with zero attached hydrogens (tertiary/aromatic N) is 2. The zero-order valence-corrected chi connectivity index (χ0v) is 14.4. The Kier molecular flexibility index (Phi) is 3.27. The molecule has 1 aliphatic heterocycles. The predicted molar refractivity (Wildman–Crippen MR) is 97.2 cm³/mol. The van der Waals surface area contributed by atoms with Crippen molar-refractivity contribution in [1.82, 2.24) is 9.97 Å². The maximum Gasteiger partial charge on any atom is 0.146 e.